The molecule has 0 heterocycles. The Bertz CT molecular complexity index is 33.2. The van der Waals surface area contributed by atoms with Crippen LogP contribution in [0.15, 0.2) is 0 Å². The zero-order valence-corrected chi connectivity index (χ0v) is 6.59. The molecule has 0 amide bonds. The summed E-state index contributed by atoms with van der Waals surface area (Å²) in [6.07, 6.45) is 2.55. The lowest BCUT2D eigenvalue weighted by Crippen LogP contribution is -1.83. The number of rotatable bonds is 3. The highest BCUT2D eigenvalue weighted by atomic mass is 79.9. The zero-order valence-electron chi connectivity index (χ0n) is 5.00. The van der Waals surface area contributed by atoms with E-state index in [0.29, 0.717) is 0 Å². The minimum atomic E-state index is 1.14. The van der Waals surface area contributed by atoms with E-state index in [4.69, 9.17) is 0 Å². The first kappa shape index (κ1) is 7.48. The normalized spacial score (nSPS) is 10.3. The van der Waals surface area contributed by atoms with Crippen LogP contribution in [-0.2, 0) is 0 Å². The summed E-state index contributed by atoms with van der Waals surface area (Å²) in [6.45, 7) is 4.34. The molecule has 0 aliphatic rings. The number of halogens is 1. The zero-order chi connectivity index (χ0) is 5.70. The van der Waals surface area contributed by atoms with E-state index in [1.54, 1.807) is 0 Å². The Kier molecular flexibility index (Phi) is 4.95. The summed E-state index contributed by atoms with van der Waals surface area (Å²) in [7, 11) is 0. The molecule has 0 rings (SSSR count). The van der Waals surface area contributed by atoms with Crippen molar-refractivity contribution in [1.29, 1.82) is 0 Å². The Morgan fingerprint density at radius 1 is 1.43 bits per heavy atom. The van der Waals surface area contributed by atoms with Gasteiger partial charge in [0.2, 0.25) is 0 Å². The monoisotopic (exact) mass is 163 g/mol. The van der Waals surface area contributed by atoms with E-state index in [9.17, 15) is 0 Å². The second kappa shape index (κ2) is 4.63. The molecule has 0 aliphatic heterocycles. The first-order valence-corrected chi connectivity index (χ1v) is 3.74. The Morgan fingerprint density at radius 3 is 2.14 bits per heavy atom. The van der Waals surface area contributed by atoms with Gasteiger partial charge in [0.15, 0.2) is 0 Å². The van der Waals surface area contributed by atoms with Gasteiger partial charge in [-0.3, -0.25) is 0 Å². The third-order valence-electron chi connectivity index (χ3n) is 0.810. The van der Waals surface area contributed by atoms with E-state index >= 15 is 0 Å². The topological polar surface area (TPSA) is 0 Å². The predicted octanol–water partition coefficient (Wildman–Crippen LogP) is 2.78. The minimum absolute atomic E-state index is 1.14. The van der Waals surface area contributed by atoms with Gasteiger partial charge in [-0.2, -0.15) is 0 Å². The fourth-order valence-corrected chi connectivity index (χ4v) is 0.701. The van der Waals surface area contributed by atoms with Gasteiger partial charge >= 0.3 is 0 Å². The van der Waals surface area contributed by atoms with E-state index in [1.807, 2.05) is 0 Å². The Hall–Kier alpha value is 0.480. The third kappa shape index (κ3) is 6.48. The summed E-state index contributed by atoms with van der Waals surface area (Å²) < 4.78 is 0. The first-order valence-electron chi connectivity index (χ1n) is 2.62. The van der Waals surface area contributed by atoms with Crippen LogP contribution in [0.3, 0.4) is 0 Å². The summed E-state index contributed by atoms with van der Waals surface area (Å²) in [5.74, 6) is 1.53. The molecule has 0 fully saturated rings. The molecule has 0 N–H and O–H groups in total. The smallest absolute Gasteiger partial charge is 0.00315 e. The van der Waals surface area contributed by atoms with Gasteiger partial charge in [-0.15, -0.1) is 0 Å². The maximum absolute atomic E-state index is 3.36. The van der Waals surface area contributed by atoms with Crippen LogP contribution in [0.1, 0.15) is 26.7 Å². The lowest BCUT2D eigenvalue weighted by atomic mass is 10.1. The van der Waals surface area contributed by atoms with Gasteiger partial charge in [0.25, 0.3) is 0 Å². The largest absolute Gasteiger partial charge is 0.0928 e. The lowest BCUT2D eigenvalue weighted by molar-refractivity contribution is 0.817. The molecule has 0 nitrogen and oxygen atoms in total. The average molecular weight is 164 g/mol. The number of hydrogen-bond donors (Lipinski definition) is 0. The van der Waals surface area contributed by atoms with Crippen molar-refractivity contribution in [2.75, 3.05) is 5.33 Å². The van der Waals surface area contributed by atoms with Crippen molar-refractivity contribution in [3.63, 3.8) is 0 Å². The fraction of sp³-hybridized carbons (Fsp3) is 0.833. The molecule has 0 spiro atoms. The fourth-order valence-electron chi connectivity index (χ4n) is 0.420. The van der Waals surface area contributed by atoms with Crippen LogP contribution >= 0.6 is 15.9 Å². The van der Waals surface area contributed by atoms with Crippen LogP contribution < -0.4 is 0 Å². The molecule has 1 radical (unpaired) electrons. The first-order chi connectivity index (χ1) is 3.27. The second-order valence-corrected chi connectivity index (χ2v) is 2.79. The van der Waals surface area contributed by atoms with Gasteiger partial charge in [0.1, 0.15) is 0 Å². The van der Waals surface area contributed by atoms with Crippen molar-refractivity contribution < 1.29 is 0 Å². The SMILES string of the molecule is C[C](C)CCCBr. The second-order valence-electron chi connectivity index (χ2n) is 2.00. The third-order valence-corrected chi connectivity index (χ3v) is 1.37. The summed E-state index contributed by atoms with van der Waals surface area (Å²) in [5, 5.41) is 1.14. The van der Waals surface area contributed by atoms with E-state index in [-0.39, 0.29) is 0 Å². The van der Waals surface area contributed by atoms with Gasteiger partial charge in [0, 0.05) is 5.33 Å². The molecule has 0 saturated carbocycles. The molecule has 0 unspecified atom stereocenters. The number of alkyl halides is 1. The van der Waals surface area contributed by atoms with Crippen LogP contribution in [0.5, 0.6) is 0 Å². The number of hydrogen-bond acceptors (Lipinski definition) is 0. The van der Waals surface area contributed by atoms with Crippen LogP contribution in [0.4, 0.5) is 0 Å². The van der Waals surface area contributed by atoms with E-state index in [1.165, 1.54) is 18.8 Å². The molecule has 0 atom stereocenters. The minimum Gasteiger partial charge on any atom is -0.0928 e. The van der Waals surface area contributed by atoms with Crippen molar-refractivity contribution >= 4 is 15.9 Å². The maximum Gasteiger partial charge on any atom is 0.00315 e. The van der Waals surface area contributed by atoms with Crippen molar-refractivity contribution in [2.45, 2.75) is 26.7 Å². The molecule has 43 valence electrons. The van der Waals surface area contributed by atoms with Crippen LogP contribution in [0.25, 0.3) is 0 Å². The highest BCUT2D eigenvalue weighted by Gasteiger charge is 1.90. The Labute approximate surface area is 54.4 Å². The van der Waals surface area contributed by atoms with Gasteiger partial charge < -0.3 is 0 Å². The molecule has 0 bridgehead atoms. The van der Waals surface area contributed by atoms with Crippen LogP contribution in [0, 0.1) is 5.92 Å². The van der Waals surface area contributed by atoms with Crippen LogP contribution in [-0.4, -0.2) is 5.33 Å². The highest BCUT2D eigenvalue weighted by molar-refractivity contribution is 9.09. The molecule has 0 aromatic rings. The summed E-state index contributed by atoms with van der Waals surface area (Å²) in [6, 6.07) is 0. The van der Waals surface area contributed by atoms with Crippen molar-refractivity contribution in [3.05, 3.63) is 5.92 Å². The molecule has 0 aromatic heterocycles. The van der Waals surface area contributed by atoms with E-state index < -0.39 is 0 Å². The molecule has 0 aliphatic carbocycles. The van der Waals surface area contributed by atoms with E-state index in [0.717, 1.165) is 5.33 Å². The standard InChI is InChI=1S/C6H12Br/c1-6(2)4-3-5-7/h3-5H2,1-2H3. The molecule has 0 aromatic carbocycles. The summed E-state index contributed by atoms with van der Waals surface area (Å²) in [4.78, 5) is 0. The van der Waals surface area contributed by atoms with Crippen molar-refractivity contribution in [2.24, 2.45) is 0 Å². The molecule has 7 heavy (non-hydrogen) atoms. The average Bonchev–Trinajstić information content (AvgIpc) is 1.61. The van der Waals surface area contributed by atoms with Gasteiger partial charge in [-0.1, -0.05) is 29.8 Å². The molecular formula is C6H12Br. The Morgan fingerprint density at radius 2 is 2.00 bits per heavy atom. The molecular weight excluding hydrogens is 152 g/mol. The summed E-state index contributed by atoms with van der Waals surface area (Å²) in [5.41, 5.74) is 0. The summed E-state index contributed by atoms with van der Waals surface area (Å²) >= 11 is 3.36. The van der Waals surface area contributed by atoms with Gasteiger partial charge in [0.05, 0.1) is 0 Å². The van der Waals surface area contributed by atoms with Crippen molar-refractivity contribution in [3.8, 4) is 0 Å². The Balaban J connectivity index is 2.68. The molecule has 1 heteroatoms. The van der Waals surface area contributed by atoms with E-state index in [2.05, 4.69) is 29.8 Å². The van der Waals surface area contributed by atoms with Gasteiger partial charge in [-0.25, -0.2) is 0 Å². The quantitative estimate of drug-likeness (QED) is 0.562. The highest BCUT2D eigenvalue weighted by Crippen LogP contribution is 2.06. The predicted molar refractivity (Wildman–Crippen MR) is 37.6 cm³/mol. The van der Waals surface area contributed by atoms with Gasteiger partial charge in [-0.05, 0) is 18.8 Å². The van der Waals surface area contributed by atoms with Crippen LogP contribution in [0.2, 0.25) is 0 Å². The molecule has 0 saturated heterocycles. The van der Waals surface area contributed by atoms with Crippen molar-refractivity contribution in [1.82, 2.24) is 0 Å². The lowest BCUT2D eigenvalue weighted by Gasteiger charge is -1.97. The maximum atomic E-state index is 3.36.